The summed E-state index contributed by atoms with van der Waals surface area (Å²) in [6, 6.07) is 7.70. The van der Waals surface area contributed by atoms with Crippen LogP contribution in [0.3, 0.4) is 0 Å². The molecule has 0 saturated heterocycles. The van der Waals surface area contributed by atoms with E-state index in [0.29, 0.717) is 5.69 Å². The number of fused-ring (bicyclic) bond motifs is 3. The highest BCUT2D eigenvalue weighted by atomic mass is 16.1. The lowest BCUT2D eigenvalue weighted by Crippen LogP contribution is -1.98. The van der Waals surface area contributed by atoms with Gasteiger partial charge >= 0.3 is 0 Å². The van der Waals surface area contributed by atoms with E-state index in [1.165, 1.54) is 12.4 Å². The highest BCUT2D eigenvalue weighted by Crippen LogP contribution is 2.25. The minimum atomic E-state index is -0.379. The molecule has 0 fully saturated rings. The van der Waals surface area contributed by atoms with Crippen molar-refractivity contribution in [3.05, 3.63) is 36.2 Å². The molecule has 3 heterocycles. The van der Waals surface area contributed by atoms with Gasteiger partial charge in [-0.3, -0.25) is 4.79 Å². The monoisotopic (exact) mass is 263 g/mol. The van der Waals surface area contributed by atoms with Crippen LogP contribution in [0.1, 0.15) is 10.5 Å². The number of hydrogen-bond acceptors (Lipinski definition) is 1. The summed E-state index contributed by atoms with van der Waals surface area (Å²) in [7, 11) is 0. The molecule has 0 atom stereocenters. The normalized spacial score (nSPS) is 13.7. The Kier molecular flexibility index (Phi) is 2.17. The van der Waals surface area contributed by atoms with Crippen molar-refractivity contribution in [3.63, 3.8) is 0 Å². The maximum absolute atomic E-state index is 12.1. The third-order valence-electron chi connectivity index (χ3n) is 3.20. The number of nitrogens with one attached hydrogen (secondary N) is 2. The first kappa shape index (κ1) is 10.9. The maximum Gasteiger partial charge on any atom is 0.296 e. The number of benzene rings is 1. The van der Waals surface area contributed by atoms with E-state index in [1.807, 2.05) is 24.4 Å². The van der Waals surface area contributed by atoms with Crippen molar-refractivity contribution >= 4 is 46.1 Å². The predicted octanol–water partition coefficient (Wildman–Crippen LogP) is 2.30. The molecule has 0 unspecified atom stereocenters. The molecule has 1 amide bonds. The Morgan fingerprint density at radius 2 is 2.00 bits per heavy atom. The van der Waals surface area contributed by atoms with Gasteiger partial charge in [-0.1, -0.05) is 6.07 Å². The van der Waals surface area contributed by atoms with Gasteiger partial charge in [0.1, 0.15) is 5.69 Å². The second-order valence-corrected chi connectivity index (χ2v) is 4.43. The van der Waals surface area contributed by atoms with E-state index in [9.17, 15) is 4.79 Å². The van der Waals surface area contributed by atoms with E-state index in [2.05, 4.69) is 24.9 Å². The summed E-state index contributed by atoms with van der Waals surface area (Å²) < 4.78 is 0. The molecule has 0 aliphatic carbocycles. The van der Waals surface area contributed by atoms with Crippen LogP contribution in [0, 0.1) is 0 Å². The number of carbonyl (C=O) groups is 1. The average Bonchev–Trinajstić information content (AvgIpc) is 3.17. The van der Waals surface area contributed by atoms with E-state index in [-0.39, 0.29) is 11.9 Å². The average molecular weight is 263 g/mol. The van der Waals surface area contributed by atoms with Gasteiger partial charge in [0.05, 0.1) is 5.52 Å². The number of aromatic nitrogens is 2. The molecule has 1 aliphatic rings. The number of amides is 1. The molecule has 0 spiro atoms. The molecular formula is C14H9N5O. The Labute approximate surface area is 113 Å². The van der Waals surface area contributed by atoms with Gasteiger partial charge in [-0.15, -0.1) is 0 Å². The molecule has 0 saturated carbocycles. The molecular weight excluding hydrogens is 254 g/mol. The lowest BCUT2D eigenvalue weighted by atomic mass is 10.2. The van der Waals surface area contributed by atoms with Gasteiger partial charge in [-0.05, 0) is 18.2 Å². The lowest BCUT2D eigenvalue weighted by Gasteiger charge is -1.92. The first-order valence-corrected chi connectivity index (χ1v) is 6.10. The van der Waals surface area contributed by atoms with Crippen LogP contribution in [0.5, 0.6) is 0 Å². The molecule has 3 aromatic rings. The van der Waals surface area contributed by atoms with Crippen LogP contribution in [0.15, 0.2) is 45.4 Å². The highest BCUT2D eigenvalue weighted by molar-refractivity contribution is 6.27. The number of H-pyrrole nitrogens is 2. The summed E-state index contributed by atoms with van der Waals surface area (Å²) in [6.07, 6.45) is 4.87. The smallest absolute Gasteiger partial charge is 0.296 e. The first-order valence-electron chi connectivity index (χ1n) is 6.10. The molecule has 0 bridgehead atoms. The molecule has 4 rings (SSSR count). The lowest BCUT2D eigenvalue weighted by molar-refractivity contribution is 0.0999. The van der Waals surface area contributed by atoms with E-state index >= 15 is 0 Å². The van der Waals surface area contributed by atoms with Crippen LogP contribution in [0.25, 0.3) is 21.8 Å². The first-order chi connectivity index (χ1) is 9.81. The molecule has 6 nitrogen and oxygen atoms in total. The Morgan fingerprint density at radius 1 is 1.15 bits per heavy atom. The topological polar surface area (TPSA) is 85.7 Å². The Bertz CT molecular complexity index is 911. The standard InChI is InChI=1S/C14H9N5O/c20-13(19-14-16-5-6-17-14)11-7-8-1-2-10-9(3-4-15-10)12(8)18-11/h1-7,15,18H. The number of aromatic amines is 2. The molecule has 96 valence electrons. The van der Waals surface area contributed by atoms with Crippen molar-refractivity contribution in [2.75, 3.05) is 0 Å². The zero-order valence-corrected chi connectivity index (χ0v) is 10.3. The number of rotatable bonds is 1. The van der Waals surface area contributed by atoms with Crippen molar-refractivity contribution in [2.45, 2.75) is 0 Å². The maximum atomic E-state index is 12.1. The van der Waals surface area contributed by atoms with Gasteiger partial charge in [0.15, 0.2) is 0 Å². The van der Waals surface area contributed by atoms with E-state index in [0.717, 1.165) is 21.8 Å². The fourth-order valence-electron chi connectivity index (χ4n) is 2.29. The summed E-state index contributed by atoms with van der Waals surface area (Å²) in [5.74, 6) is -0.198. The number of nitrogens with zero attached hydrogens (tertiary/aromatic N) is 3. The van der Waals surface area contributed by atoms with Gasteiger partial charge in [-0.25, -0.2) is 9.98 Å². The fourth-order valence-corrected chi connectivity index (χ4v) is 2.29. The summed E-state index contributed by atoms with van der Waals surface area (Å²) in [4.78, 5) is 29.9. The summed E-state index contributed by atoms with van der Waals surface area (Å²) >= 11 is 0. The summed E-state index contributed by atoms with van der Waals surface area (Å²) in [5, 5.41) is 2.02. The Morgan fingerprint density at radius 3 is 2.85 bits per heavy atom. The van der Waals surface area contributed by atoms with Crippen LogP contribution in [-0.2, 0) is 0 Å². The third kappa shape index (κ3) is 1.58. The number of guanidine groups is 1. The van der Waals surface area contributed by atoms with Gasteiger partial charge in [0.2, 0.25) is 0 Å². The van der Waals surface area contributed by atoms with Crippen LogP contribution >= 0.6 is 0 Å². The van der Waals surface area contributed by atoms with E-state index < -0.39 is 0 Å². The van der Waals surface area contributed by atoms with Crippen molar-refractivity contribution in [1.82, 2.24) is 9.97 Å². The fraction of sp³-hybridized carbons (Fsp3) is 0. The van der Waals surface area contributed by atoms with Gasteiger partial charge in [0.25, 0.3) is 11.9 Å². The van der Waals surface area contributed by atoms with Crippen LogP contribution < -0.4 is 0 Å². The molecule has 6 heteroatoms. The minimum Gasteiger partial charge on any atom is -0.361 e. The minimum absolute atomic E-state index is 0.181. The molecule has 0 radical (unpaired) electrons. The zero-order chi connectivity index (χ0) is 13.5. The molecule has 1 aliphatic heterocycles. The zero-order valence-electron chi connectivity index (χ0n) is 10.3. The van der Waals surface area contributed by atoms with Gasteiger partial charge in [-0.2, -0.15) is 4.99 Å². The van der Waals surface area contributed by atoms with Crippen LogP contribution in [0.4, 0.5) is 0 Å². The molecule has 2 aromatic heterocycles. The second kappa shape index (κ2) is 3.99. The number of aliphatic imine (C=N–C) groups is 3. The van der Waals surface area contributed by atoms with Crippen LogP contribution in [-0.4, -0.2) is 34.3 Å². The summed E-state index contributed by atoms with van der Waals surface area (Å²) in [5.41, 5.74) is 2.37. The Balaban J connectivity index is 1.84. The van der Waals surface area contributed by atoms with Crippen LogP contribution in [0.2, 0.25) is 0 Å². The largest absolute Gasteiger partial charge is 0.361 e. The van der Waals surface area contributed by atoms with Gasteiger partial charge in [0, 0.05) is 34.9 Å². The molecule has 2 N–H and O–H groups in total. The number of carbonyl (C=O) groups excluding carboxylic acids is 1. The van der Waals surface area contributed by atoms with E-state index in [4.69, 9.17) is 0 Å². The molecule has 1 aromatic carbocycles. The van der Waals surface area contributed by atoms with Crippen molar-refractivity contribution in [3.8, 4) is 0 Å². The quantitative estimate of drug-likeness (QED) is 0.693. The van der Waals surface area contributed by atoms with Gasteiger partial charge < -0.3 is 9.97 Å². The summed E-state index contributed by atoms with van der Waals surface area (Å²) in [6.45, 7) is 0. The highest BCUT2D eigenvalue weighted by Gasteiger charge is 2.12. The van der Waals surface area contributed by atoms with Crippen molar-refractivity contribution < 1.29 is 4.79 Å². The Hall–Kier alpha value is -3.02. The SMILES string of the molecule is O=C(N=C1N=CC=N1)c1cc2ccc3[nH]ccc3c2[nH]1. The predicted molar refractivity (Wildman–Crippen MR) is 78.9 cm³/mol. The van der Waals surface area contributed by atoms with Crippen molar-refractivity contribution in [2.24, 2.45) is 15.0 Å². The van der Waals surface area contributed by atoms with Crippen molar-refractivity contribution in [1.29, 1.82) is 0 Å². The molecule has 20 heavy (non-hydrogen) atoms. The van der Waals surface area contributed by atoms with E-state index in [1.54, 1.807) is 6.07 Å². The third-order valence-corrected chi connectivity index (χ3v) is 3.20. The second-order valence-electron chi connectivity index (χ2n) is 4.43. The number of hydrogen-bond donors (Lipinski definition) is 2.